The Kier molecular flexibility index (Phi) is 5.83. The number of benzene rings is 3. The SMILES string of the molecule is CCOc1ccc(/C=N\NC(=O)COc2ccc3ccccc3c2)cc1. The van der Waals surface area contributed by atoms with E-state index in [1.807, 2.05) is 73.7 Å². The minimum Gasteiger partial charge on any atom is -0.494 e. The summed E-state index contributed by atoms with van der Waals surface area (Å²) in [5, 5.41) is 6.13. The van der Waals surface area contributed by atoms with E-state index in [0.717, 1.165) is 22.1 Å². The maximum atomic E-state index is 11.8. The molecule has 0 heterocycles. The van der Waals surface area contributed by atoms with Crippen molar-refractivity contribution >= 4 is 22.9 Å². The van der Waals surface area contributed by atoms with Gasteiger partial charge in [-0.25, -0.2) is 5.43 Å². The van der Waals surface area contributed by atoms with Gasteiger partial charge >= 0.3 is 0 Å². The maximum Gasteiger partial charge on any atom is 0.277 e. The molecule has 0 spiro atoms. The van der Waals surface area contributed by atoms with Gasteiger partial charge in [0.1, 0.15) is 11.5 Å². The van der Waals surface area contributed by atoms with Gasteiger partial charge in [-0.1, -0.05) is 30.3 Å². The van der Waals surface area contributed by atoms with Crippen molar-refractivity contribution < 1.29 is 14.3 Å². The smallest absolute Gasteiger partial charge is 0.277 e. The number of hydrogen-bond donors (Lipinski definition) is 1. The molecule has 0 atom stereocenters. The quantitative estimate of drug-likeness (QED) is 0.522. The summed E-state index contributed by atoms with van der Waals surface area (Å²) in [7, 11) is 0. The average Bonchev–Trinajstić information content (AvgIpc) is 2.68. The van der Waals surface area contributed by atoms with Crippen molar-refractivity contribution in [1.29, 1.82) is 0 Å². The summed E-state index contributed by atoms with van der Waals surface area (Å²) >= 11 is 0. The molecule has 1 N–H and O–H groups in total. The summed E-state index contributed by atoms with van der Waals surface area (Å²) in [6.45, 7) is 2.46. The third kappa shape index (κ3) is 4.83. The van der Waals surface area contributed by atoms with Crippen molar-refractivity contribution in [1.82, 2.24) is 5.43 Å². The van der Waals surface area contributed by atoms with E-state index in [1.54, 1.807) is 6.21 Å². The van der Waals surface area contributed by atoms with Crippen LogP contribution in [0.4, 0.5) is 0 Å². The first kappa shape index (κ1) is 17.5. The van der Waals surface area contributed by atoms with Crippen molar-refractivity contribution in [2.75, 3.05) is 13.2 Å². The molecular formula is C21H20N2O3. The van der Waals surface area contributed by atoms with E-state index in [2.05, 4.69) is 10.5 Å². The lowest BCUT2D eigenvalue weighted by atomic mass is 10.1. The Morgan fingerprint density at radius 1 is 0.962 bits per heavy atom. The molecule has 0 fully saturated rings. The number of carbonyl (C=O) groups is 1. The highest BCUT2D eigenvalue weighted by molar-refractivity contribution is 5.84. The van der Waals surface area contributed by atoms with Crippen molar-refractivity contribution in [3.05, 3.63) is 72.3 Å². The topological polar surface area (TPSA) is 59.9 Å². The highest BCUT2D eigenvalue weighted by Gasteiger charge is 2.02. The van der Waals surface area contributed by atoms with Crippen LogP contribution in [0.1, 0.15) is 12.5 Å². The molecule has 3 aromatic carbocycles. The normalized spacial score (nSPS) is 10.8. The third-order valence-corrected chi connectivity index (χ3v) is 3.68. The Labute approximate surface area is 152 Å². The number of carbonyl (C=O) groups excluding carboxylic acids is 1. The van der Waals surface area contributed by atoms with Gasteiger partial charge in [-0.3, -0.25) is 4.79 Å². The minimum atomic E-state index is -0.319. The first-order chi connectivity index (χ1) is 12.7. The summed E-state index contributed by atoms with van der Waals surface area (Å²) in [5.41, 5.74) is 3.32. The van der Waals surface area contributed by atoms with Gasteiger partial charge in [-0.15, -0.1) is 0 Å². The molecule has 0 aromatic heterocycles. The van der Waals surface area contributed by atoms with Gasteiger partial charge in [-0.2, -0.15) is 5.10 Å². The Bertz CT molecular complexity index is 905. The number of ether oxygens (including phenoxy) is 2. The van der Waals surface area contributed by atoms with E-state index in [9.17, 15) is 4.79 Å². The molecule has 0 unspecified atom stereocenters. The highest BCUT2D eigenvalue weighted by Crippen LogP contribution is 2.20. The van der Waals surface area contributed by atoms with Crippen molar-refractivity contribution in [3.8, 4) is 11.5 Å². The van der Waals surface area contributed by atoms with Crippen LogP contribution < -0.4 is 14.9 Å². The Hall–Kier alpha value is -3.34. The molecule has 1 amide bonds. The molecule has 3 rings (SSSR count). The number of nitrogens with zero attached hydrogens (tertiary/aromatic N) is 1. The van der Waals surface area contributed by atoms with Crippen molar-refractivity contribution in [3.63, 3.8) is 0 Å². The maximum absolute atomic E-state index is 11.8. The van der Waals surface area contributed by atoms with E-state index in [4.69, 9.17) is 9.47 Å². The largest absolute Gasteiger partial charge is 0.494 e. The molecule has 0 radical (unpaired) electrons. The molecular weight excluding hydrogens is 328 g/mol. The van der Waals surface area contributed by atoms with Gasteiger partial charge in [0, 0.05) is 0 Å². The predicted molar refractivity (Wildman–Crippen MR) is 103 cm³/mol. The second-order valence-electron chi connectivity index (χ2n) is 5.59. The molecule has 3 aromatic rings. The summed E-state index contributed by atoms with van der Waals surface area (Å²) < 4.78 is 10.9. The molecule has 0 saturated heterocycles. The van der Waals surface area contributed by atoms with E-state index in [-0.39, 0.29) is 12.5 Å². The van der Waals surface area contributed by atoms with Gasteiger partial charge < -0.3 is 9.47 Å². The fourth-order valence-electron chi connectivity index (χ4n) is 2.43. The Balaban J connectivity index is 1.48. The Morgan fingerprint density at radius 2 is 1.69 bits per heavy atom. The standard InChI is InChI=1S/C21H20N2O3/c1-2-25-19-10-7-16(8-11-19)14-22-23-21(24)15-26-20-12-9-17-5-3-4-6-18(17)13-20/h3-14H,2,15H2,1H3,(H,23,24)/b22-14-. The van der Waals surface area contributed by atoms with Crippen LogP contribution in [0.15, 0.2) is 71.8 Å². The van der Waals surface area contributed by atoms with Gasteiger partial charge in [0.15, 0.2) is 6.61 Å². The molecule has 0 aliphatic heterocycles. The zero-order valence-corrected chi connectivity index (χ0v) is 14.5. The Morgan fingerprint density at radius 3 is 2.46 bits per heavy atom. The van der Waals surface area contributed by atoms with Crippen molar-refractivity contribution in [2.24, 2.45) is 5.10 Å². The fourth-order valence-corrected chi connectivity index (χ4v) is 2.43. The number of fused-ring (bicyclic) bond motifs is 1. The molecule has 0 saturated carbocycles. The highest BCUT2D eigenvalue weighted by atomic mass is 16.5. The van der Waals surface area contributed by atoms with Crippen LogP contribution in [0.5, 0.6) is 11.5 Å². The zero-order chi connectivity index (χ0) is 18.2. The molecule has 0 aliphatic carbocycles. The predicted octanol–water partition coefficient (Wildman–Crippen LogP) is 3.77. The van der Waals surface area contributed by atoms with Crippen LogP contribution >= 0.6 is 0 Å². The van der Waals surface area contributed by atoms with E-state index < -0.39 is 0 Å². The van der Waals surface area contributed by atoms with Crippen molar-refractivity contribution in [2.45, 2.75) is 6.92 Å². The molecule has 5 heteroatoms. The van der Waals surface area contributed by atoms with Crippen LogP contribution in [0.3, 0.4) is 0 Å². The van der Waals surface area contributed by atoms with Gasteiger partial charge in [-0.05, 0) is 59.7 Å². The van der Waals surface area contributed by atoms with Gasteiger partial charge in [0.25, 0.3) is 5.91 Å². The number of nitrogens with one attached hydrogen (secondary N) is 1. The first-order valence-corrected chi connectivity index (χ1v) is 8.41. The average molecular weight is 348 g/mol. The number of hydrazone groups is 1. The van der Waals surface area contributed by atoms with Gasteiger partial charge in [0.2, 0.25) is 0 Å². The zero-order valence-electron chi connectivity index (χ0n) is 14.5. The summed E-state index contributed by atoms with van der Waals surface area (Å²) in [6.07, 6.45) is 1.57. The van der Waals surface area contributed by atoms with Crippen LogP contribution in [0.2, 0.25) is 0 Å². The molecule has 132 valence electrons. The molecule has 26 heavy (non-hydrogen) atoms. The van der Waals surface area contributed by atoms with E-state index in [0.29, 0.717) is 12.4 Å². The second kappa shape index (κ2) is 8.67. The first-order valence-electron chi connectivity index (χ1n) is 8.41. The second-order valence-corrected chi connectivity index (χ2v) is 5.59. The lowest BCUT2D eigenvalue weighted by Crippen LogP contribution is -2.24. The summed E-state index contributed by atoms with van der Waals surface area (Å²) in [5.74, 6) is 1.13. The lowest BCUT2D eigenvalue weighted by molar-refractivity contribution is -0.123. The number of rotatable bonds is 7. The fraction of sp³-hybridized carbons (Fsp3) is 0.143. The van der Waals surface area contributed by atoms with E-state index in [1.165, 1.54) is 0 Å². The van der Waals surface area contributed by atoms with E-state index >= 15 is 0 Å². The van der Waals surface area contributed by atoms with Crippen LogP contribution in [0, 0.1) is 0 Å². The van der Waals surface area contributed by atoms with Crippen LogP contribution in [-0.2, 0) is 4.79 Å². The van der Waals surface area contributed by atoms with Gasteiger partial charge in [0.05, 0.1) is 12.8 Å². The number of hydrogen-bond acceptors (Lipinski definition) is 4. The monoisotopic (exact) mass is 348 g/mol. The summed E-state index contributed by atoms with van der Waals surface area (Å²) in [6, 6.07) is 21.2. The number of amides is 1. The lowest BCUT2D eigenvalue weighted by Gasteiger charge is -2.06. The molecule has 0 aliphatic rings. The third-order valence-electron chi connectivity index (χ3n) is 3.68. The van der Waals surface area contributed by atoms with Crippen LogP contribution in [0.25, 0.3) is 10.8 Å². The minimum absolute atomic E-state index is 0.0983. The summed E-state index contributed by atoms with van der Waals surface area (Å²) in [4.78, 5) is 11.8. The van der Waals surface area contributed by atoms with Crippen LogP contribution in [-0.4, -0.2) is 25.3 Å². The molecule has 0 bridgehead atoms. The molecule has 5 nitrogen and oxygen atoms in total.